The smallest absolute Gasteiger partial charge is 0.255 e. The number of hydrogen-bond acceptors (Lipinski definition) is 3. The highest BCUT2D eigenvalue weighted by atomic mass is 16.2. The Labute approximate surface area is 185 Å². The summed E-state index contributed by atoms with van der Waals surface area (Å²) in [6, 6.07) is 24.9. The molecule has 0 saturated carbocycles. The van der Waals surface area contributed by atoms with Crippen LogP contribution in [0.4, 0.5) is 5.69 Å². The molecule has 156 valence electrons. The van der Waals surface area contributed by atoms with Gasteiger partial charge < -0.3 is 10.2 Å². The van der Waals surface area contributed by atoms with Crippen molar-refractivity contribution in [3.05, 3.63) is 108 Å². The van der Waals surface area contributed by atoms with Crippen LogP contribution < -0.4 is 5.32 Å². The van der Waals surface area contributed by atoms with Gasteiger partial charge in [0.15, 0.2) is 0 Å². The average Bonchev–Trinajstić information content (AvgIpc) is 3.38. The number of nitrogens with one attached hydrogen (secondary N) is 1. The molecule has 2 atom stereocenters. The molecule has 6 rings (SSSR count). The third-order valence-electron chi connectivity index (χ3n) is 6.87. The van der Waals surface area contributed by atoms with E-state index in [1.54, 1.807) is 12.4 Å². The van der Waals surface area contributed by atoms with Crippen LogP contribution in [0.1, 0.15) is 33.9 Å². The molecule has 4 aromatic rings. The number of aromatic nitrogens is 1. The van der Waals surface area contributed by atoms with Gasteiger partial charge in [-0.1, -0.05) is 60.7 Å². The topological polar surface area (TPSA) is 62.3 Å². The molecule has 0 aliphatic carbocycles. The first-order chi connectivity index (χ1) is 15.7. The molecule has 1 spiro atoms. The fourth-order valence-electron chi connectivity index (χ4n) is 5.47. The lowest BCUT2D eigenvalue weighted by atomic mass is 9.72. The molecule has 3 heterocycles. The van der Waals surface area contributed by atoms with E-state index in [1.807, 2.05) is 83.8 Å². The Morgan fingerprint density at radius 3 is 2.66 bits per heavy atom. The first-order valence-corrected chi connectivity index (χ1v) is 10.8. The molecule has 1 N–H and O–H groups in total. The van der Waals surface area contributed by atoms with Gasteiger partial charge >= 0.3 is 0 Å². The van der Waals surface area contributed by atoms with Gasteiger partial charge in [-0.2, -0.15) is 0 Å². The summed E-state index contributed by atoms with van der Waals surface area (Å²) in [6.45, 7) is 0.502. The molecule has 2 aliphatic heterocycles. The maximum atomic E-state index is 14.0. The van der Waals surface area contributed by atoms with Gasteiger partial charge in [-0.15, -0.1) is 0 Å². The monoisotopic (exact) mass is 419 g/mol. The van der Waals surface area contributed by atoms with Crippen LogP contribution in [-0.2, 0) is 10.2 Å². The number of fused-ring (bicyclic) bond motifs is 3. The molecule has 1 saturated heterocycles. The Kier molecular flexibility index (Phi) is 4.12. The van der Waals surface area contributed by atoms with Crippen molar-refractivity contribution in [1.29, 1.82) is 0 Å². The lowest BCUT2D eigenvalue weighted by Crippen LogP contribution is -2.42. The lowest BCUT2D eigenvalue weighted by Gasteiger charge is -2.34. The van der Waals surface area contributed by atoms with Gasteiger partial charge in [0.1, 0.15) is 5.41 Å². The summed E-state index contributed by atoms with van der Waals surface area (Å²) in [7, 11) is 0. The second-order valence-electron chi connectivity index (χ2n) is 8.44. The largest absolute Gasteiger partial charge is 0.330 e. The van der Waals surface area contributed by atoms with Gasteiger partial charge in [-0.05, 0) is 41.1 Å². The molecular formula is C27H21N3O2. The molecule has 0 unspecified atom stereocenters. The van der Waals surface area contributed by atoms with Crippen molar-refractivity contribution < 1.29 is 9.59 Å². The van der Waals surface area contributed by atoms with Crippen LogP contribution in [0.15, 0.2) is 91.3 Å². The van der Waals surface area contributed by atoms with Crippen LogP contribution in [0.5, 0.6) is 0 Å². The van der Waals surface area contributed by atoms with Gasteiger partial charge in [0.05, 0.1) is 6.04 Å². The Balaban J connectivity index is 1.53. The number of carbonyl (C=O) groups is 2. The van der Waals surface area contributed by atoms with Crippen LogP contribution >= 0.6 is 0 Å². The van der Waals surface area contributed by atoms with Crippen molar-refractivity contribution in [2.24, 2.45) is 0 Å². The quantitative estimate of drug-likeness (QED) is 0.512. The van der Waals surface area contributed by atoms with Gasteiger partial charge in [-0.25, -0.2) is 0 Å². The van der Waals surface area contributed by atoms with E-state index in [-0.39, 0.29) is 11.8 Å². The number of pyridine rings is 1. The molecule has 1 aromatic heterocycles. The lowest BCUT2D eigenvalue weighted by molar-refractivity contribution is -0.121. The second kappa shape index (κ2) is 7.02. The molecule has 5 heteroatoms. The third kappa shape index (κ3) is 2.54. The molecule has 1 fully saturated rings. The van der Waals surface area contributed by atoms with Crippen LogP contribution in [0.25, 0.3) is 10.8 Å². The van der Waals surface area contributed by atoms with E-state index in [1.165, 1.54) is 0 Å². The van der Waals surface area contributed by atoms with E-state index in [0.717, 1.165) is 27.6 Å². The summed E-state index contributed by atoms with van der Waals surface area (Å²) in [4.78, 5) is 33.5. The summed E-state index contributed by atoms with van der Waals surface area (Å²) in [6.07, 6.45) is 4.06. The Bertz CT molecular complexity index is 1360. The fraction of sp³-hybridized carbons (Fsp3) is 0.148. The van der Waals surface area contributed by atoms with E-state index >= 15 is 0 Å². The summed E-state index contributed by atoms with van der Waals surface area (Å²) in [5.41, 5.74) is 2.60. The normalized spacial score (nSPS) is 21.7. The number of hydrogen-bond donors (Lipinski definition) is 1. The van der Waals surface area contributed by atoms with E-state index in [0.29, 0.717) is 18.5 Å². The van der Waals surface area contributed by atoms with Crippen LogP contribution in [0.2, 0.25) is 0 Å². The van der Waals surface area contributed by atoms with Crippen molar-refractivity contribution in [1.82, 2.24) is 9.88 Å². The number of rotatable bonds is 2. The Morgan fingerprint density at radius 2 is 1.78 bits per heavy atom. The number of benzene rings is 3. The molecule has 32 heavy (non-hydrogen) atoms. The Morgan fingerprint density at radius 1 is 0.969 bits per heavy atom. The predicted octanol–water partition coefficient (Wildman–Crippen LogP) is 4.71. The third-order valence-corrected chi connectivity index (χ3v) is 6.87. The zero-order chi connectivity index (χ0) is 21.7. The van der Waals surface area contributed by atoms with Crippen molar-refractivity contribution in [3.63, 3.8) is 0 Å². The van der Waals surface area contributed by atoms with E-state index in [4.69, 9.17) is 0 Å². The zero-order valence-corrected chi connectivity index (χ0v) is 17.4. The van der Waals surface area contributed by atoms with Crippen LogP contribution in [0, 0.1) is 0 Å². The fourth-order valence-corrected chi connectivity index (χ4v) is 5.47. The van der Waals surface area contributed by atoms with Crippen molar-refractivity contribution >= 4 is 28.3 Å². The van der Waals surface area contributed by atoms with Gasteiger partial charge in [0, 0.05) is 35.6 Å². The van der Waals surface area contributed by atoms with Gasteiger partial charge in [-0.3, -0.25) is 14.6 Å². The highest BCUT2D eigenvalue weighted by Gasteiger charge is 2.59. The number of nitrogens with zero attached hydrogens (tertiary/aromatic N) is 2. The average molecular weight is 419 g/mol. The highest BCUT2D eigenvalue weighted by molar-refractivity contribution is 6.10. The second-order valence-corrected chi connectivity index (χ2v) is 8.44. The maximum absolute atomic E-state index is 14.0. The van der Waals surface area contributed by atoms with Crippen LogP contribution in [-0.4, -0.2) is 28.2 Å². The first-order valence-electron chi connectivity index (χ1n) is 10.8. The molecule has 5 nitrogen and oxygen atoms in total. The molecular weight excluding hydrogens is 398 g/mol. The predicted molar refractivity (Wildman–Crippen MR) is 123 cm³/mol. The Hall–Kier alpha value is -3.99. The van der Waals surface area contributed by atoms with Crippen LogP contribution in [0.3, 0.4) is 0 Å². The summed E-state index contributed by atoms with van der Waals surface area (Å²) in [5, 5.41) is 4.87. The highest BCUT2D eigenvalue weighted by Crippen LogP contribution is 2.55. The SMILES string of the molecule is O=C(c1cccc2cnccc12)N1CC[C@]2(C(=O)Nc3ccccc32)[C@@H]1c1ccccc1. The van der Waals surface area contributed by atoms with Gasteiger partial charge in [0.25, 0.3) is 5.91 Å². The number of para-hydroxylation sites is 1. The van der Waals surface area contributed by atoms with Gasteiger partial charge in [0.2, 0.25) is 5.91 Å². The van der Waals surface area contributed by atoms with Crippen molar-refractivity contribution in [2.75, 3.05) is 11.9 Å². The number of likely N-dealkylation sites (tertiary alicyclic amines) is 1. The number of anilines is 1. The minimum Gasteiger partial charge on any atom is -0.330 e. The molecule has 2 amide bonds. The number of amides is 2. The molecule has 0 radical (unpaired) electrons. The maximum Gasteiger partial charge on any atom is 0.255 e. The molecule has 0 bridgehead atoms. The summed E-state index contributed by atoms with van der Waals surface area (Å²) < 4.78 is 0. The standard InChI is InChI=1S/C27H21N3O2/c31-25(21-10-6-9-19-17-28-15-13-20(19)21)30-16-14-27(24(30)18-7-2-1-3-8-18)22-11-4-5-12-23(22)29-26(27)32/h1-13,15,17,24H,14,16H2,(H,29,32)/t24-,27+/m0/s1. The van der Waals surface area contributed by atoms with E-state index in [2.05, 4.69) is 10.3 Å². The van der Waals surface area contributed by atoms with Crippen molar-refractivity contribution in [2.45, 2.75) is 17.9 Å². The minimum atomic E-state index is -0.806. The zero-order valence-electron chi connectivity index (χ0n) is 17.4. The molecule has 3 aromatic carbocycles. The summed E-state index contributed by atoms with van der Waals surface area (Å²) >= 11 is 0. The summed E-state index contributed by atoms with van der Waals surface area (Å²) in [5.74, 6) is -0.102. The minimum absolute atomic E-state index is 0.0371. The molecule has 2 aliphatic rings. The first kappa shape index (κ1) is 18.8. The number of carbonyl (C=O) groups excluding carboxylic acids is 2. The van der Waals surface area contributed by atoms with E-state index in [9.17, 15) is 9.59 Å². The van der Waals surface area contributed by atoms with E-state index < -0.39 is 11.5 Å². The van der Waals surface area contributed by atoms with Crippen molar-refractivity contribution in [3.8, 4) is 0 Å².